The molecule has 2 N–H and O–H groups in total. The summed E-state index contributed by atoms with van der Waals surface area (Å²) in [4.78, 5) is 8.44. The maximum Gasteiger partial charge on any atom is 0.228 e. The molecule has 0 unspecified atom stereocenters. The van der Waals surface area contributed by atoms with Crippen molar-refractivity contribution in [1.82, 2.24) is 20.8 Å². The molecule has 0 atom stereocenters. The number of rotatable bonds is 5. The molecule has 1 heterocycles. The van der Waals surface area contributed by atoms with Crippen LogP contribution in [0.1, 0.15) is 45.3 Å². The summed E-state index contributed by atoms with van der Waals surface area (Å²) in [7, 11) is 1.75. The predicted octanol–water partition coefficient (Wildman–Crippen LogP) is 1.93. The zero-order valence-electron chi connectivity index (χ0n) is 12.2. The number of hydrogen-bond acceptors (Lipinski definition) is 4. The second-order valence-electron chi connectivity index (χ2n) is 4.75. The Morgan fingerprint density at radius 3 is 2.47 bits per heavy atom. The average molecular weight is 381 g/mol. The van der Waals surface area contributed by atoms with Gasteiger partial charge in [-0.1, -0.05) is 19.0 Å². The molecule has 0 aliphatic heterocycles. The number of aliphatic imine (C=N–C) groups is 1. The quantitative estimate of drug-likeness (QED) is 0.463. The van der Waals surface area contributed by atoms with E-state index in [0.29, 0.717) is 30.8 Å². The lowest BCUT2D eigenvalue weighted by Gasteiger charge is -2.13. The summed E-state index contributed by atoms with van der Waals surface area (Å²) in [5, 5.41) is 10.3. The third-order valence-electron chi connectivity index (χ3n) is 2.28. The summed E-state index contributed by atoms with van der Waals surface area (Å²) in [6.45, 7) is 8.94. The summed E-state index contributed by atoms with van der Waals surface area (Å²) in [6.07, 6.45) is 0.693. The highest BCUT2D eigenvalue weighted by molar-refractivity contribution is 14.0. The minimum Gasteiger partial charge on any atom is -0.356 e. The number of aromatic nitrogens is 2. The highest BCUT2D eigenvalue weighted by Gasteiger charge is 2.09. The molecule has 1 aromatic heterocycles. The van der Waals surface area contributed by atoms with Crippen LogP contribution in [0.15, 0.2) is 9.52 Å². The molecule has 0 fully saturated rings. The van der Waals surface area contributed by atoms with E-state index in [1.165, 1.54) is 0 Å². The molecule has 19 heavy (non-hydrogen) atoms. The lowest BCUT2D eigenvalue weighted by molar-refractivity contribution is 0.371. The molecular weight excluding hydrogens is 357 g/mol. The first-order valence-electron chi connectivity index (χ1n) is 6.32. The second-order valence-corrected chi connectivity index (χ2v) is 4.75. The largest absolute Gasteiger partial charge is 0.356 e. The predicted molar refractivity (Wildman–Crippen MR) is 87.1 cm³/mol. The van der Waals surface area contributed by atoms with Gasteiger partial charge in [0.05, 0.1) is 0 Å². The fourth-order valence-corrected chi connectivity index (χ4v) is 1.36. The zero-order valence-corrected chi connectivity index (χ0v) is 14.6. The normalized spacial score (nSPS) is 11.6. The Morgan fingerprint density at radius 1 is 1.32 bits per heavy atom. The van der Waals surface area contributed by atoms with Gasteiger partial charge >= 0.3 is 0 Å². The highest BCUT2D eigenvalue weighted by Crippen LogP contribution is 2.09. The number of guanidine groups is 1. The maximum absolute atomic E-state index is 5.16. The van der Waals surface area contributed by atoms with E-state index in [9.17, 15) is 0 Å². The molecule has 0 saturated carbocycles. The van der Waals surface area contributed by atoms with Gasteiger partial charge in [0.25, 0.3) is 0 Å². The molecule has 1 aromatic rings. The van der Waals surface area contributed by atoms with Crippen LogP contribution in [0.25, 0.3) is 0 Å². The Balaban J connectivity index is 0.00000324. The maximum atomic E-state index is 5.16. The molecule has 0 aromatic carbocycles. The first-order chi connectivity index (χ1) is 8.52. The third-order valence-corrected chi connectivity index (χ3v) is 2.28. The van der Waals surface area contributed by atoms with E-state index in [1.807, 2.05) is 13.8 Å². The van der Waals surface area contributed by atoms with Crippen LogP contribution in [-0.2, 0) is 6.42 Å². The molecule has 6 nitrogen and oxygen atoms in total. The molecule has 7 heteroatoms. The van der Waals surface area contributed by atoms with Crippen molar-refractivity contribution < 1.29 is 4.52 Å². The number of hydrogen-bond donors (Lipinski definition) is 2. The van der Waals surface area contributed by atoms with Gasteiger partial charge in [0.2, 0.25) is 5.89 Å². The van der Waals surface area contributed by atoms with Crippen LogP contribution in [0.4, 0.5) is 0 Å². The molecule has 0 amide bonds. The number of halogens is 1. The van der Waals surface area contributed by atoms with Crippen LogP contribution in [-0.4, -0.2) is 35.7 Å². The lowest BCUT2D eigenvalue weighted by atomic mass is 10.2. The molecule has 110 valence electrons. The van der Waals surface area contributed by atoms with Crippen LogP contribution in [0.5, 0.6) is 0 Å². The average Bonchev–Trinajstić information content (AvgIpc) is 2.76. The Labute approximate surface area is 131 Å². The molecule has 0 bridgehead atoms. The second kappa shape index (κ2) is 9.11. The van der Waals surface area contributed by atoms with Gasteiger partial charge < -0.3 is 15.2 Å². The summed E-state index contributed by atoms with van der Waals surface area (Å²) in [6, 6.07) is 0.354. The van der Waals surface area contributed by atoms with E-state index < -0.39 is 0 Å². The Kier molecular flexibility index (Phi) is 8.70. The molecule has 0 radical (unpaired) electrons. The summed E-state index contributed by atoms with van der Waals surface area (Å²) in [5.41, 5.74) is 0. The fraction of sp³-hybridized carbons (Fsp3) is 0.750. The van der Waals surface area contributed by atoms with Gasteiger partial charge in [-0.15, -0.1) is 24.0 Å². The van der Waals surface area contributed by atoms with Gasteiger partial charge in [0.15, 0.2) is 11.8 Å². The van der Waals surface area contributed by atoms with Crippen molar-refractivity contribution in [2.24, 2.45) is 4.99 Å². The number of nitrogens with one attached hydrogen (secondary N) is 2. The molecule has 0 aliphatic carbocycles. The van der Waals surface area contributed by atoms with E-state index >= 15 is 0 Å². The first kappa shape index (κ1) is 18.1. The van der Waals surface area contributed by atoms with E-state index in [1.54, 1.807) is 7.05 Å². The van der Waals surface area contributed by atoms with E-state index in [4.69, 9.17) is 4.52 Å². The van der Waals surface area contributed by atoms with Crippen LogP contribution >= 0.6 is 24.0 Å². The SMILES string of the molecule is CN=C(NCCc1nc(C(C)C)no1)NC(C)C.I. The van der Waals surface area contributed by atoms with Crippen LogP contribution < -0.4 is 10.6 Å². The molecule has 0 spiro atoms. The minimum absolute atomic E-state index is 0. The molecule has 1 rings (SSSR count). The smallest absolute Gasteiger partial charge is 0.228 e. The van der Waals surface area contributed by atoms with Gasteiger partial charge in [-0.25, -0.2) is 0 Å². The zero-order chi connectivity index (χ0) is 13.5. The standard InChI is InChI=1S/C12H23N5O.HI/c1-8(2)11-16-10(18-17-11)6-7-14-12(13-5)15-9(3)4;/h8-9H,6-7H2,1-5H3,(H2,13,14,15);1H. The highest BCUT2D eigenvalue weighted by atomic mass is 127. The van der Waals surface area contributed by atoms with Crippen molar-refractivity contribution in [3.8, 4) is 0 Å². The van der Waals surface area contributed by atoms with Crippen LogP contribution in [0.2, 0.25) is 0 Å². The van der Waals surface area contributed by atoms with E-state index in [2.05, 4.69) is 39.6 Å². The lowest BCUT2D eigenvalue weighted by Crippen LogP contribution is -2.41. The van der Waals surface area contributed by atoms with Crippen molar-refractivity contribution in [3.63, 3.8) is 0 Å². The molecule has 0 aliphatic rings. The molecular formula is C12H24IN5O. The fourth-order valence-electron chi connectivity index (χ4n) is 1.36. The van der Waals surface area contributed by atoms with Gasteiger partial charge in [-0.2, -0.15) is 4.98 Å². The van der Waals surface area contributed by atoms with Crippen LogP contribution in [0.3, 0.4) is 0 Å². The van der Waals surface area contributed by atoms with Crippen LogP contribution in [0, 0.1) is 0 Å². The van der Waals surface area contributed by atoms with Crippen molar-refractivity contribution in [2.75, 3.05) is 13.6 Å². The molecule has 0 saturated heterocycles. The first-order valence-corrected chi connectivity index (χ1v) is 6.32. The van der Waals surface area contributed by atoms with E-state index in [-0.39, 0.29) is 24.0 Å². The summed E-state index contributed by atoms with van der Waals surface area (Å²) < 4.78 is 5.16. The Hall–Kier alpha value is -0.860. The monoisotopic (exact) mass is 381 g/mol. The van der Waals surface area contributed by atoms with Crippen molar-refractivity contribution in [3.05, 3.63) is 11.7 Å². The van der Waals surface area contributed by atoms with Crippen molar-refractivity contribution in [2.45, 2.75) is 46.1 Å². The van der Waals surface area contributed by atoms with Gasteiger partial charge in [0.1, 0.15) is 0 Å². The third kappa shape index (κ3) is 6.74. The summed E-state index contributed by atoms with van der Waals surface area (Å²) >= 11 is 0. The minimum atomic E-state index is 0. The van der Waals surface area contributed by atoms with E-state index in [0.717, 1.165) is 11.8 Å². The summed E-state index contributed by atoms with van der Waals surface area (Å²) in [5.74, 6) is 2.50. The Morgan fingerprint density at radius 2 is 2.00 bits per heavy atom. The number of nitrogens with zero attached hydrogens (tertiary/aromatic N) is 3. The van der Waals surface area contributed by atoms with Gasteiger partial charge in [-0.3, -0.25) is 4.99 Å². The van der Waals surface area contributed by atoms with Gasteiger partial charge in [0, 0.05) is 32.0 Å². The van der Waals surface area contributed by atoms with Gasteiger partial charge in [-0.05, 0) is 13.8 Å². The van der Waals surface area contributed by atoms with Crippen molar-refractivity contribution >= 4 is 29.9 Å². The topological polar surface area (TPSA) is 75.3 Å². The van der Waals surface area contributed by atoms with Crippen molar-refractivity contribution in [1.29, 1.82) is 0 Å². The Bertz CT molecular complexity index is 389.